The summed E-state index contributed by atoms with van der Waals surface area (Å²) in [7, 11) is 0. The van der Waals surface area contributed by atoms with Crippen molar-refractivity contribution in [2.75, 3.05) is 11.9 Å². The van der Waals surface area contributed by atoms with Crippen LogP contribution in [0.2, 0.25) is 0 Å². The molecule has 0 aliphatic heterocycles. The van der Waals surface area contributed by atoms with Crippen molar-refractivity contribution in [2.24, 2.45) is 0 Å². The van der Waals surface area contributed by atoms with Crippen molar-refractivity contribution in [3.8, 4) is 0 Å². The average Bonchev–Trinajstić information content (AvgIpc) is 3.26. The van der Waals surface area contributed by atoms with E-state index in [1.54, 1.807) is 28.4 Å². The second-order valence-electron chi connectivity index (χ2n) is 7.45. The van der Waals surface area contributed by atoms with Crippen molar-refractivity contribution >= 4 is 29.0 Å². The lowest BCUT2D eigenvalue weighted by Crippen LogP contribution is -2.47. The summed E-state index contributed by atoms with van der Waals surface area (Å²) in [5.74, 6) is -0.691. The van der Waals surface area contributed by atoms with Crippen molar-refractivity contribution in [3.63, 3.8) is 0 Å². The number of hydrogen-bond acceptors (Lipinski definition) is 3. The van der Waals surface area contributed by atoms with Crippen LogP contribution in [0.5, 0.6) is 0 Å². The molecule has 0 aliphatic rings. The van der Waals surface area contributed by atoms with E-state index in [1.807, 2.05) is 61.7 Å². The van der Waals surface area contributed by atoms with E-state index in [-0.39, 0.29) is 24.2 Å². The molecule has 0 spiro atoms. The Kier molecular flexibility index (Phi) is 7.78. The summed E-state index contributed by atoms with van der Waals surface area (Å²) < 4.78 is 14.0. The van der Waals surface area contributed by atoms with Gasteiger partial charge >= 0.3 is 6.03 Å². The summed E-state index contributed by atoms with van der Waals surface area (Å²) in [5.41, 5.74) is 1.10. The van der Waals surface area contributed by atoms with Crippen molar-refractivity contribution in [1.29, 1.82) is 0 Å². The highest BCUT2D eigenvalue weighted by atomic mass is 32.1. The standard InChI is InChI=1S/C24H26FN3O2S/c1-18(2)28(24(30)26-22-13-7-6-12-21(22)25)17-23(29)27(16-20-11-8-14-31-20)15-19-9-4-3-5-10-19/h3-14,18H,15-17H2,1-2H3,(H,26,30). The van der Waals surface area contributed by atoms with Gasteiger partial charge in [-0.1, -0.05) is 48.5 Å². The van der Waals surface area contributed by atoms with Gasteiger partial charge in [0.2, 0.25) is 5.91 Å². The molecule has 162 valence electrons. The third-order valence-electron chi connectivity index (χ3n) is 4.80. The normalized spacial score (nSPS) is 10.7. The first-order valence-electron chi connectivity index (χ1n) is 10.1. The minimum atomic E-state index is -0.519. The number of benzene rings is 2. The molecule has 0 aliphatic carbocycles. The van der Waals surface area contributed by atoms with Crippen LogP contribution in [0.3, 0.4) is 0 Å². The van der Waals surface area contributed by atoms with E-state index in [4.69, 9.17) is 0 Å². The lowest BCUT2D eigenvalue weighted by molar-refractivity contribution is -0.133. The Hall–Kier alpha value is -3.19. The van der Waals surface area contributed by atoms with Crippen molar-refractivity contribution < 1.29 is 14.0 Å². The number of amides is 3. The molecule has 0 saturated heterocycles. The van der Waals surface area contributed by atoms with E-state index >= 15 is 0 Å². The summed E-state index contributed by atoms with van der Waals surface area (Å²) in [4.78, 5) is 30.3. The van der Waals surface area contributed by atoms with E-state index in [0.717, 1.165) is 10.4 Å². The fourth-order valence-corrected chi connectivity index (χ4v) is 3.83. The monoisotopic (exact) mass is 439 g/mol. The van der Waals surface area contributed by atoms with E-state index in [2.05, 4.69) is 5.32 Å². The zero-order valence-electron chi connectivity index (χ0n) is 17.6. The van der Waals surface area contributed by atoms with Gasteiger partial charge in [-0.3, -0.25) is 4.79 Å². The number of hydrogen-bond donors (Lipinski definition) is 1. The Labute approximate surface area is 186 Å². The molecule has 2 aromatic carbocycles. The zero-order chi connectivity index (χ0) is 22.2. The number of halogens is 1. The number of thiophene rings is 1. The van der Waals surface area contributed by atoms with Gasteiger partial charge in [0, 0.05) is 17.5 Å². The Morgan fingerprint density at radius 3 is 2.32 bits per heavy atom. The van der Waals surface area contributed by atoms with Crippen LogP contribution in [-0.2, 0) is 17.9 Å². The van der Waals surface area contributed by atoms with Crippen LogP contribution in [0.1, 0.15) is 24.3 Å². The molecular weight excluding hydrogens is 413 g/mol. The second-order valence-corrected chi connectivity index (χ2v) is 8.48. The van der Waals surface area contributed by atoms with Crippen molar-refractivity contribution in [1.82, 2.24) is 9.80 Å². The number of anilines is 1. The van der Waals surface area contributed by atoms with Crippen LogP contribution in [0, 0.1) is 5.82 Å². The number of para-hydroxylation sites is 1. The largest absolute Gasteiger partial charge is 0.332 e. The lowest BCUT2D eigenvalue weighted by atomic mass is 10.2. The molecule has 0 saturated carbocycles. The third-order valence-corrected chi connectivity index (χ3v) is 5.66. The summed E-state index contributed by atoms with van der Waals surface area (Å²) in [5, 5.41) is 4.55. The smallest absolute Gasteiger partial charge is 0.322 e. The van der Waals surface area contributed by atoms with Crippen LogP contribution < -0.4 is 5.32 Å². The molecule has 1 N–H and O–H groups in total. The Morgan fingerprint density at radius 2 is 1.68 bits per heavy atom. The number of urea groups is 1. The minimum Gasteiger partial charge on any atom is -0.332 e. The van der Waals surface area contributed by atoms with Crippen LogP contribution in [0.15, 0.2) is 72.1 Å². The topological polar surface area (TPSA) is 52.7 Å². The first kappa shape index (κ1) is 22.5. The maximum Gasteiger partial charge on any atom is 0.322 e. The molecular formula is C24H26FN3O2S. The van der Waals surface area contributed by atoms with Crippen LogP contribution in [-0.4, -0.2) is 34.3 Å². The summed E-state index contributed by atoms with van der Waals surface area (Å²) >= 11 is 1.59. The fraction of sp³-hybridized carbons (Fsp3) is 0.250. The second kappa shape index (κ2) is 10.7. The molecule has 0 fully saturated rings. The number of carbonyl (C=O) groups excluding carboxylic acids is 2. The zero-order valence-corrected chi connectivity index (χ0v) is 18.4. The quantitative estimate of drug-likeness (QED) is 0.514. The van der Waals surface area contributed by atoms with Gasteiger partial charge in [-0.15, -0.1) is 11.3 Å². The molecule has 31 heavy (non-hydrogen) atoms. The van der Waals surface area contributed by atoms with E-state index < -0.39 is 11.8 Å². The van der Waals surface area contributed by atoms with Gasteiger partial charge in [0.25, 0.3) is 0 Å². The molecule has 5 nitrogen and oxygen atoms in total. The van der Waals surface area contributed by atoms with E-state index in [1.165, 1.54) is 17.0 Å². The summed E-state index contributed by atoms with van der Waals surface area (Å²) in [6, 6.07) is 18.9. The highest BCUT2D eigenvalue weighted by molar-refractivity contribution is 7.09. The number of nitrogens with one attached hydrogen (secondary N) is 1. The fourth-order valence-electron chi connectivity index (χ4n) is 3.11. The van der Waals surface area contributed by atoms with Crippen LogP contribution >= 0.6 is 11.3 Å². The SMILES string of the molecule is CC(C)N(CC(=O)N(Cc1ccccc1)Cc1cccs1)C(=O)Nc1ccccc1F. The van der Waals surface area contributed by atoms with E-state index in [0.29, 0.717) is 13.1 Å². The third kappa shape index (κ3) is 6.39. The Morgan fingerprint density at radius 1 is 0.968 bits per heavy atom. The lowest BCUT2D eigenvalue weighted by Gasteiger charge is -2.30. The maximum absolute atomic E-state index is 14.0. The molecule has 3 aromatic rings. The molecule has 0 unspecified atom stereocenters. The van der Waals surface area contributed by atoms with Gasteiger partial charge in [0.05, 0.1) is 12.2 Å². The molecule has 1 heterocycles. The minimum absolute atomic E-state index is 0.0883. The molecule has 7 heteroatoms. The number of rotatable bonds is 8. The first-order chi connectivity index (χ1) is 14.9. The highest BCUT2D eigenvalue weighted by Crippen LogP contribution is 2.17. The predicted octanol–water partition coefficient (Wildman–Crippen LogP) is 5.36. The molecule has 3 amide bonds. The Balaban J connectivity index is 1.74. The van der Waals surface area contributed by atoms with Gasteiger partial charge < -0.3 is 15.1 Å². The molecule has 3 rings (SSSR count). The number of carbonyl (C=O) groups is 2. The Bertz CT molecular complexity index is 993. The van der Waals surface area contributed by atoms with Crippen LogP contribution in [0.4, 0.5) is 14.9 Å². The molecule has 0 atom stereocenters. The summed E-state index contributed by atoms with van der Waals surface area (Å²) in [6.07, 6.45) is 0. The molecule has 0 bridgehead atoms. The van der Waals surface area contributed by atoms with Crippen LogP contribution in [0.25, 0.3) is 0 Å². The molecule has 0 radical (unpaired) electrons. The molecule has 1 aromatic heterocycles. The summed E-state index contributed by atoms with van der Waals surface area (Å²) in [6.45, 7) is 4.46. The van der Waals surface area contributed by atoms with Crippen molar-refractivity contribution in [2.45, 2.75) is 33.0 Å². The van der Waals surface area contributed by atoms with Gasteiger partial charge in [-0.25, -0.2) is 9.18 Å². The van der Waals surface area contributed by atoms with E-state index in [9.17, 15) is 14.0 Å². The number of nitrogens with zero attached hydrogens (tertiary/aromatic N) is 2. The van der Waals surface area contributed by atoms with Gasteiger partial charge in [0.15, 0.2) is 0 Å². The first-order valence-corrected chi connectivity index (χ1v) is 11.0. The van der Waals surface area contributed by atoms with Gasteiger partial charge in [0.1, 0.15) is 12.4 Å². The predicted molar refractivity (Wildman–Crippen MR) is 122 cm³/mol. The van der Waals surface area contributed by atoms with Crippen molar-refractivity contribution in [3.05, 3.63) is 88.4 Å². The van der Waals surface area contributed by atoms with Gasteiger partial charge in [-0.2, -0.15) is 0 Å². The maximum atomic E-state index is 14.0. The average molecular weight is 440 g/mol. The van der Waals surface area contributed by atoms with Gasteiger partial charge in [-0.05, 0) is 43.0 Å². The highest BCUT2D eigenvalue weighted by Gasteiger charge is 2.24.